The molecule has 27 heavy (non-hydrogen) atoms. The van der Waals surface area contributed by atoms with Crippen LogP contribution in [0.1, 0.15) is 39.8 Å². The molecular formula is C26H26O. The lowest BCUT2D eigenvalue weighted by Crippen LogP contribution is -2.22. The van der Waals surface area contributed by atoms with Crippen LogP contribution in [0.25, 0.3) is 11.1 Å². The Bertz CT molecular complexity index is 996. The first kappa shape index (κ1) is 16.7. The monoisotopic (exact) mass is 354 g/mol. The summed E-state index contributed by atoms with van der Waals surface area (Å²) in [5, 5.41) is 0. The molecule has 0 radical (unpaired) electrons. The van der Waals surface area contributed by atoms with E-state index in [1.54, 1.807) is 0 Å². The van der Waals surface area contributed by atoms with E-state index in [1.807, 2.05) is 0 Å². The Labute approximate surface area is 161 Å². The number of carbonyl (C=O) groups is 1. The van der Waals surface area contributed by atoms with Gasteiger partial charge in [0, 0.05) is 17.4 Å². The maximum atomic E-state index is 13.7. The normalized spacial score (nSPS) is 28.4. The van der Waals surface area contributed by atoms with Crippen molar-refractivity contribution in [2.24, 2.45) is 23.7 Å². The molecule has 0 heterocycles. The summed E-state index contributed by atoms with van der Waals surface area (Å²) in [5.41, 5.74) is 9.65. The Kier molecular flexibility index (Phi) is 3.59. The minimum Gasteiger partial charge on any atom is -0.294 e. The molecule has 2 aromatic rings. The fourth-order valence-corrected chi connectivity index (χ4v) is 5.92. The molecular weight excluding hydrogens is 328 g/mol. The number of Topliss-reactive ketones (excluding diaryl/α,β-unsaturated/α-hetero) is 1. The predicted molar refractivity (Wildman–Crippen MR) is 111 cm³/mol. The van der Waals surface area contributed by atoms with E-state index in [0.717, 1.165) is 17.6 Å². The van der Waals surface area contributed by atoms with E-state index in [0.29, 0.717) is 23.5 Å². The van der Waals surface area contributed by atoms with Gasteiger partial charge in [0.05, 0.1) is 0 Å². The van der Waals surface area contributed by atoms with Gasteiger partial charge >= 0.3 is 0 Å². The molecule has 0 saturated heterocycles. The first-order chi connectivity index (χ1) is 12.9. The molecule has 3 aliphatic carbocycles. The van der Waals surface area contributed by atoms with Gasteiger partial charge in [0.15, 0.2) is 5.78 Å². The number of carbonyl (C=O) groups excluding carboxylic acids is 1. The molecule has 3 aliphatic rings. The van der Waals surface area contributed by atoms with Gasteiger partial charge < -0.3 is 0 Å². The highest BCUT2D eigenvalue weighted by molar-refractivity contribution is 6.33. The van der Waals surface area contributed by atoms with Crippen LogP contribution in [0.4, 0.5) is 0 Å². The fourth-order valence-electron chi connectivity index (χ4n) is 5.92. The van der Waals surface area contributed by atoms with E-state index in [9.17, 15) is 4.79 Å². The maximum Gasteiger partial charge on any atom is 0.168 e. The molecule has 0 N–H and O–H groups in total. The molecule has 0 spiro atoms. The van der Waals surface area contributed by atoms with Crippen molar-refractivity contribution in [3.8, 4) is 0 Å². The van der Waals surface area contributed by atoms with Gasteiger partial charge in [-0.05, 0) is 62.7 Å². The van der Waals surface area contributed by atoms with Crippen molar-refractivity contribution in [2.75, 3.05) is 0 Å². The Balaban J connectivity index is 1.79. The number of hydrogen-bond acceptors (Lipinski definition) is 1. The van der Waals surface area contributed by atoms with Gasteiger partial charge in [0.2, 0.25) is 0 Å². The van der Waals surface area contributed by atoms with Crippen molar-refractivity contribution in [1.82, 2.24) is 0 Å². The van der Waals surface area contributed by atoms with Crippen molar-refractivity contribution in [3.63, 3.8) is 0 Å². The number of aryl methyl sites for hydroxylation is 4. The van der Waals surface area contributed by atoms with E-state index in [4.69, 9.17) is 0 Å². The summed E-state index contributed by atoms with van der Waals surface area (Å²) < 4.78 is 0. The number of rotatable bonds is 2. The maximum absolute atomic E-state index is 13.7. The SMILES string of the molecule is Cc1cc(C)cc(C2=C(c3cc(C)cc(C)c3)[C@@H]3[C@H](C2=O)[C@H]2C=C[C@@H]3C2)c1. The largest absolute Gasteiger partial charge is 0.294 e. The number of ketones is 1. The quantitative estimate of drug-likeness (QED) is 0.618. The second-order valence-corrected chi connectivity index (χ2v) is 8.91. The van der Waals surface area contributed by atoms with Crippen LogP contribution in [0, 0.1) is 51.4 Å². The molecule has 1 heteroatoms. The molecule has 1 nitrogen and oxygen atoms in total. The van der Waals surface area contributed by atoms with Crippen LogP contribution in [-0.4, -0.2) is 5.78 Å². The van der Waals surface area contributed by atoms with Gasteiger partial charge in [-0.3, -0.25) is 4.79 Å². The summed E-state index contributed by atoms with van der Waals surface area (Å²) in [6, 6.07) is 13.3. The van der Waals surface area contributed by atoms with Crippen LogP contribution in [0.2, 0.25) is 0 Å². The van der Waals surface area contributed by atoms with Crippen LogP contribution in [-0.2, 0) is 4.79 Å². The number of allylic oxidation sites excluding steroid dienone is 4. The van der Waals surface area contributed by atoms with Gasteiger partial charge in [0.25, 0.3) is 0 Å². The van der Waals surface area contributed by atoms with E-state index in [1.165, 1.54) is 33.4 Å². The topological polar surface area (TPSA) is 17.1 Å². The summed E-state index contributed by atoms with van der Waals surface area (Å²) >= 11 is 0. The standard InChI is InChI=1S/C26H26O/c1-14-7-15(2)10-20(9-14)23-22-18-5-6-19(13-18)24(22)26(27)25(23)21-11-16(3)8-17(4)12-21/h5-12,18-19,22,24H,13H2,1-4H3/t18-,19+,22-,24-/m1/s1. The molecule has 1 fully saturated rings. The first-order valence-electron chi connectivity index (χ1n) is 10.1. The van der Waals surface area contributed by atoms with E-state index >= 15 is 0 Å². The minimum absolute atomic E-state index is 0.145. The Hall–Kier alpha value is -2.41. The third kappa shape index (κ3) is 2.48. The summed E-state index contributed by atoms with van der Waals surface area (Å²) in [5.74, 6) is 1.81. The van der Waals surface area contributed by atoms with Crippen LogP contribution in [0.15, 0.2) is 48.6 Å². The average Bonchev–Trinajstić information content (AvgIpc) is 3.25. The smallest absolute Gasteiger partial charge is 0.168 e. The second kappa shape index (κ2) is 5.79. The van der Waals surface area contributed by atoms with Crippen molar-refractivity contribution in [2.45, 2.75) is 34.1 Å². The Morgan fingerprint density at radius 2 is 1.15 bits per heavy atom. The number of fused-ring (bicyclic) bond motifs is 5. The summed E-state index contributed by atoms with van der Waals surface area (Å²) in [7, 11) is 0. The van der Waals surface area contributed by atoms with E-state index in [-0.39, 0.29) is 5.92 Å². The number of hydrogen-bond donors (Lipinski definition) is 0. The zero-order chi connectivity index (χ0) is 18.9. The van der Waals surface area contributed by atoms with Gasteiger partial charge in [-0.1, -0.05) is 70.8 Å². The van der Waals surface area contributed by atoms with Gasteiger partial charge in [0.1, 0.15) is 0 Å². The van der Waals surface area contributed by atoms with Crippen molar-refractivity contribution in [3.05, 3.63) is 81.9 Å². The first-order valence-corrected chi connectivity index (χ1v) is 10.1. The molecule has 2 bridgehead atoms. The van der Waals surface area contributed by atoms with E-state index < -0.39 is 0 Å². The molecule has 1 saturated carbocycles. The molecule has 5 rings (SSSR count). The Morgan fingerprint density at radius 1 is 0.667 bits per heavy atom. The lowest BCUT2D eigenvalue weighted by Gasteiger charge is -2.23. The summed E-state index contributed by atoms with van der Waals surface area (Å²) in [6.07, 6.45) is 5.81. The van der Waals surface area contributed by atoms with E-state index in [2.05, 4.69) is 76.2 Å². The molecule has 0 unspecified atom stereocenters. The molecule has 0 aliphatic heterocycles. The number of benzene rings is 2. The Morgan fingerprint density at radius 3 is 1.70 bits per heavy atom. The lowest BCUT2D eigenvalue weighted by atomic mass is 9.79. The van der Waals surface area contributed by atoms with Crippen LogP contribution < -0.4 is 0 Å². The highest BCUT2D eigenvalue weighted by Gasteiger charge is 2.55. The van der Waals surface area contributed by atoms with Crippen molar-refractivity contribution in [1.29, 1.82) is 0 Å². The van der Waals surface area contributed by atoms with Crippen LogP contribution in [0.5, 0.6) is 0 Å². The lowest BCUT2D eigenvalue weighted by molar-refractivity contribution is -0.117. The fraction of sp³-hybridized carbons (Fsp3) is 0.346. The average molecular weight is 354 g/mol. The van der Waals surface area contributed by atoms with Gasteiger partial charge in [-0.2, -0.15) is 0 Å². The molecule has 0 amide bonds. The van der Waals surface area contributed by atoms with Crippen LogP contribution in [0.3, 0.4) is 0 Å². The molecule has 2 aromatic carbocycles. The summed E-state index contributed by atoms with van der Waals surface area (Å²) in [4.78, 5) is 13.7. The molecule has 0 aromatic heterocycles. The van der Waals surface area contributed by atoms with Crippen molar-refractivity contribution < 1.29 is 4.79 Å². The second-order valence-electron chi connectivity index (χ2n) is 8.91. The molecule has 4 atom stereocenters. The highest BCUT2D eigenvalue weighted by Crippen LogP contribution is 2.60. The summed E-state index contributed by atoms with van der Waals surface area (Å²) in [6.45, 7) is 8.56. The zero-order valence-corrected chi connectivity index (χ0v) is 16.5. The third-order valence-electron chi connectivity index (χ3n) is 6.65. The minimum atomic E-state index is 0.145. The van der Waals surface area contributed by atoms with Gasteiger partial charge in [-0.25, -0.2) is 0 Å². The van der Waals surface area contributed by atoms with Gasteiger partial charge in [-0.15, -0.1) is 0 Å². The van der Waals surface area contributed by atoms with Crippen LogP contribution >= 0.6 is 0 Å². The van der Waals surface area contributed by atoms with Crippen molar-refractivity contribution >= 4 is 16.9 Å². The zero-order valence-electron chi connectivity index (χ0n) is 16.5. The third-order valence-corrected chi connectivity index (χ3v) is 6.65. The predicted octanol–water partition coefficient (Wildman–Crippen LogP) is 5.85. The highest BCUT2D eigenvalue weighted by atomic mass is 16.1. The molecule has 136 valence electrons.